The molecule has 0 saturated carbocycles. The Labute approximate surface area is 154 Å². The van der Waals surface area contributed by atoms with Crippen molar-refractivity contribution >= 4 is 43.1 Å². The lowest BCUT2D eigenvalue weighted by atomic mass is 9.79. The molecule has 0 bridgehead atoms. The molecule has 1 fully saturated rings. The highest BCUT2D eigenvalue weighted by Crippen LogP contribution is 2.55. The summed E-state index contributed by atoms with van der Waals surface area (Å²) >= 11 is 0. The summed E-state index contributed by atoms with van der Waals surface area (Å²) in [7, 11) is 0. The summed E-state index contributed by atoms with van der Waals surface area (Å²) in [4.78, 5) is 0. The van der Waals surface area contributed by atoms with Crippen LogP contribution in [0.3, 0.4) is 0 Å². The van der Waals surface area contributed by atoms with Crippen LogP contribution < -0.4 is 0 Å². The predicted molar refractivity (Wildman–Crippen MR) is 106 cm³/mol. The number of hydrogen-bond acceptors (Lipinski definition) is 3. The third-order valence-corrected chi connectivity index (χ3v) is 6.49. The van der Waals surface area contributed by atoms with Gasteiger partial charge in [0.1, 0.15) is 24.4 Å². The van der Waals surface area contributed by atoms with E-state index in [1.807, 2.05) is 6.07 Å². The molecule has 4 unspecified atom stereocenters. The molecule has 0 radical (unpaired) electrons. The van der Waals surface area contributed by atoms with Gasteiger partial charge in [-0.15, -0.1) is 0 Å². The van der Waals surface area contributed by atoms with Crippen molar-refractivity contribution in [3.63, 3.8) is 0 Å². The van der Waals surface area contributed by atoms with Gasteiger partial charge in [0.25, 0.3) is 0 Å². The molecular weight excluding hydrogens is 336 g/mol. The maximum absolute atomic E-state index is 10.8. The van der Waals surface area contributed by atoms with Crippen molar-refractivity contribution < 1.29 is 14.9 Å². The smallest absolute Gasteiger partial charge is 0.118 e. The number of epoxide rings is 1. The molecule has 5 aromatic carbocycles. The van der Waals surface area contributed by atoms with E-state index < -0.39 is 12.2 Å². The van der Waals surface area contributed by atoms with Gasteiger partial charge >= 0.3 is 0 Å². The molecule has 5 aromatic rings. The third kappa shape index (κ3) is 1.60. The minimum Gasteiger partial charge on any atom is -0.387 e. The summed E-state index contributed by atoms with van der Waals surface area (Å²) in [5.41, 5.74) is 1.86. The highest BCUT2D eigenvalue weighted by atomic mass is 16.6. The zero-order chi connectivity index (χ0) is 17.9. The molecule has 1 aliphatic heterocycles. The van der Waals surface area contributed by atoms with Crippen molar-refractivity contribution in [2.24, 2.45) is 0 Å². The zero-order valence-electron chi connectivity index (χ0n) is 14.4. The minimum atomic E-state index is -0.913. The number of rotatable bonds is 0. The van der Waals surface area contributed by atoms with E-state index >= 15 is 0 Å². The van der Waals surface area contributed by atoms with Crippen molar-refractivity contribution in [3.8, 4) is 0 Å². The van der Waals surface area contributed by atoms with E-state index in [9.17, 15) is 10.2 Å². The van der Waals surface area contributed by atoms with Crippen LogP contribution in [-0.2, 0) is 4.74 Å². The number of benzene rings is 5. The number of hydrogen-bond donors (Lipinski definition) is 2. The normalized spacial score (nSPS) is 26.7. The topological polar surface area (TPSA) is 53.0 Å². The van der Waals surface area contributed by atoms with Crippen LogP contribution in [0.1, 0.15) is 23.3 Å². The highest BCUT2D eigenvalue weighted by Gasteiger charge is 2.54. The Morgan fingerprint density at radius 1 is 0.704 bits per heavy atom. The molecule has 4 atom stereocenters. The first kappa shape index (κ1) is 14.4. The van der Waals surface area contributed by atoms with Gasteiger partial charge in [-0.05, 0) is 60.3 Å². The van der Waals surface area contributed by atoms with Gasteiger partial charge in [0.2, 0.25) is 0 Å². The molecule has 27 heavy (non-hydrogen) atoms. The molecule has 2 N–H and O–H groups in total. The van der Waals surface area contributed by atoms with E-state index in [-0.39, 0.29) is 12.2 Å². The predicted octanol–water partition coefficient (Wildman–Crippen LogP) is 4.59. The SMILES string of the molecule is OC1c2cc3ccc4cccc5c6ccccc6c(c2C2OC2C1O)c3c45. The van der Waals surface area contributed by atoms with E-state index in [0.29, 0.717) is 0 Å². The van der Waals surface area contributed by atoms with Crippen molar-refractivity contribution in [3.05, 3.63) is 71.8 Å². The van der Waals surface area contributed by atoms with Crippen LogP contribution >= 0.6 is 0 Å². The molecule has 1 saturated heterocycles. The Kier molecular flexibility index (Phi) is 2.43. The molecule has 0 aromatic heterocycles. The first-order chi connectivity index (χ1) is 13.2. The summed E-state index contributed by atoms with van der Waals surface area (Å²) in [5, 5.41) is 30.8. The number of ether oxygens (including phenoxy) is 1. The Balaban J connectivity index is 1.84. The van der Waals surface area contributed by atoms with Gasteiger partial charge < -0.3 is 14.9 Å². The van der Waals surface area contributed by atoms with Crippen LogP contribution in [-0.4, -0.2) is 22.4 Å². The Hall–Kier alpha value is -2.72. The Bertz CT molecular complexity index is 1400. The quantitative estimate of drug-likeness (QED) is 0.244. The maximum Gasteiger partial charge on any atom is 0.118 e. The summed E-state index contributed by atoms with van der Waals surface area (Å²) in [6.45, 7) is 0. The number of aliphatic hydroxyl groups is 2. The van der Waals surface area contributed by atoms with E-state index in [1.165, 1.54) is 37.7 Å². The number of fused-ring (bicyclic) bond motifs is 7. The summed E-state index contributed by atoms with van der Waals surface area (Å²) < 4.78 is 5.82. The summed E-state index contributed by atoms with van der Waals surface area (Å²) in [5.74, 6) is 0. The lowest BCUT2D eigenvalue weighted by Crippen LogP contribution is -2.29. The second-order valence-electron chi connectivity index (χ2n) is 7.82. The zero-order valence-corrected chi connectivity index (χ0v) is 14.4. The first-order valence-corrected chi connectivity index (χ1v) is 9.37. The molecular formula is C24H16O3. The van der Waals surface area contributed by atoms with Crippen LogP contribution in [0.4, 0.5) is 0 Å². The third-order valence-electron chi connectivity index (χ3n) is 6.49. The summed E-state index contributed by atoms with van der Waals surface area (Å²) in [6, 6.07) is 21.3. The maximum atomic E-state index is 10.8. The average Bonchev–Trinajstić information content (AvgIpc) is 3.51. The molecule has 3 nitrogen and oxygen atoms in total. The van der Waals surface area contributed by atoms with Gasteiger partial charge in [-0.2, -0.15) is 0 Å². The highest BCUT2D eigenvalue weighted by molar-refractivity contribution is 6.34. The average molecular weight is 352 g/mol. The van der Waals surface area contributed by atoms with E-state index in [2.05, 4.69) is 54.6 Å². The van der Waals surface area contributed by atoms with Gasteiger partial charge in [0, 0.05) is 0 Å². The number of aliphatic hydroxyl groups excluding tert-OH is 2. The van der Waals surface area contributed by atoms with Gasteiger partial charge in [0.05, 0.1) is 0 Å². The van der Waals surface area contributed by atoms with E-state index in [1.54, 1.807) is 0 Å². The fourth-order valence-electron chi connectivity index (χ4n) is 5.28. The lowest BCUT2D eigenvalue weighted by Gasteiger charge is -2.26. The fraction of sp³-hybridized carbons (Fsp3) is 0.167. The second kappa shape index (κ2) is 4.57. The fourth-order valence-corrected chi connectivity index (χ4v) is 5.28. The largest absolute Gasteiger partial charge is 0.387 e. The van der Waals surface area contributed by atoms with Crippen LogP contribution in [0.2, 0.25) is 0 Å². The van der Waals surface area contributed by atoms with Crippen LogP contribution in [0.5, 0.6) is 0 Å². The second-order valence-corrected chi connectivity index (χ2v) is 7.82. The first-order valence-electron chi connectivity index (χ1n) is 9.37. The molecule has 2 aliphatic rings. The van der Waals surface area contributed by atoms with Crippen molar-refractivity contribution in [1.29, 1.82) is 0 Å². The van der Waals surface area contributed by atoms with Gasteiger partial charge in [-0.3, -0.25) is 0 Å². The minimum absolute atomic E-state index is 0.133. The van der Waals surface area contributed by atoms with Crippen LogP contribution in [0.15, 0.2) is 60.7 Å². The summed E-state index contributed by atoms with van der Waals surface area (Å²) in [6.07, 6.45) is -2.21. The molecule has 1 aliphatic carbocycles. The molecule has 7 rings (SSSR count). The van der Waals surface area contributed by atoms with Crippen LogP contribution in [0, 0.1) is 0 Å². The van der Waals surface area contributed by atoms with E-state index in [4.69, 9.17) is 4.74 Å². The Morgan fingerprint density at radius 3 is 2.33 bits per heavy atom. The molecule has 3 heteroatoms. The molecule has 130 valence electrons. The van der Waals surface area contributed by atoms with Gasteiger partial charge in [-0.25, -0.2) is 0 Å². The van der Waals surface area contributed by atoms with Crippen LogP contribution in [0.25, 0.3) is 43.1 Å². The standard InChI is InChI=1S/C24H16O3/c25-21-16-10-12-9-8-11-4-3-7-14-13-5-1-2-6-15(13)19(18(12)17(11)14)20(16)23-24(27-23)22(21)26/h1-10,21-26H. The Morgan fingerprint density at radius 2 is 1.44 bits per heavy atom. The monoisotopic (exact) mass is 352 g/mol. The lowest BCUT2D eigenvalue weighted by molar-refractivity contribution is 0.000167. The van der Waals surface area contributed by atoms with Gasteiger partial charge in [0.15, 0.2) is 0 Å². The van der Waals surface area contributed by atoms with Crippen molar-refractivity contribution in [2.75, 3.05) is 0 Å². The van der Waals surface area contributed by atoms with Crippen molar-refractivity contribution in [2.45, 2.75) is 24.4 Å². The van der Waals surface area contributed by atoms with Gasteiger partial charge in [-0.1, -0.05) is 54.6 Å². The molecule has 0 amide bonds. The van der Waals surface area contributed by atoms with E-state index in [0.717, 1.165) is 16.5 Å². The molecule has 1 heterocycles. The molecule has 0 spiro atoms. The van der Waals surface area contributed by atoms with Crippen molar-refractivity contribution in [1.82, 2.24) is 0 Å².